The summed E-state index contributed by atoms with van der Waals surface area (Å²) in [6, 6.07) is 5.23. The molecule has 2 aromatic rings. The van der Waals surface area contributed by atoms with Gasteiger partial charge in [0.15, 0.2) is 0 Å². The molecule has 1 N–H and O–H groups in total. The topological polar surface area (TPSA) is 33.1 Å². The van der Waals surface area contributed by atoms with Crippen molar-refractivity contribution in [2.75, 3.05) is 0 Å². The first kappa shape index (κ1) is 10.7. The number of halogens is 2. The summed E-state index contributed by atoms with van der Waals surface area (Å²) in [6.07, 6.45) is 0. The minimum atomic E-state index is -0.0934. The van der Waals surface area contributed by atoms with Gasteiger partial charge in [0.05, 0.1) is 17.1 Å². The highest BCUT2D eigenvalue weighted by molar-refractivity contribution is 6.36. The van der Waals surface area contributed by atoms with Gasteiger partial charge in [-0.15, -0.1) is 0 Å². The van der Waals surface area contributed by atoms with Crippen LogP contribution in [0.3, 0.4) is 0 Å². The van der Waals surface area contributed by atoms with Gasteiger partial charge in [-0.25, -0.2) is 0 Å². The maximum atomic E-state index is 9.20. The largest absolute Gasteiger partial charge is 0.392 e. The Labute approximate surface area is 97.5 Å². The second-order valence-corrected chi connectivity index (χ2v) is 4.21. The second-order valence-electron chi connectivity index (χ2n) is 3.36. The summed E-state index contributed by atoms with van der Waals surface area (Å²) in [5, 5.41) is 11.1. The number of rotatable bonds is 1. The molecule has 0 fully saturated rings. The number of nitrogens with zero attached hydrogens (tertiary/aromatic N) is 1. The third-order valence-electron chi connectivity index (χ3n) is 2.21. The van der Waals surface area contributed by atoms with Crippen LogP contribution in [0.15, 0.2) is 18.2 Å². The zero-order chi connectivity index (χ0) is 11.0. The fraction of sp³-hybridized carbons (Fsp3) is 0.182. The van der Waals surface area contributed by atoms with Crippen molar-refractivity contribution in [3.8, 4) is 0 Å². The van der Waals surface area contributed by atoms with E-state index in [9.17, 15) is 5.11 Å². The lowest BCUT2D eigenvalue weighted by atomic mass is 10.1. The fourth-order valence-electron chi connectivity index (χ4n) is 1.56. The predicted octanol–water partition coefficient (Wildman–Crippen LogP) is 3.34. The number of aromatic nitrogens is 1. The van der Waals surface area contributed by atoms with Crippen molar-refractivity contribution in [1.29, 1.82) is 0 Å². The lowest BCUT2D eigenvalue weighted by Crippen LogP contribution is -1.92. The van der Waals surface area contributed by atoms with Crippen molar-refractivity contribution in [2.24, 2.45) is 0 Å². The zero-order valence-electron chi connectivity index (χ0n) is 8.09. The monoisotopic (exact) mass is 241 g/mol. The van der Waals surface area contributed by atoms with E-state index in [1.54, 1.807) is 18.2 Å². The molecule has 4 heteroatoms. The minimum absolute atomic E-state index is 0.0934. The molecule has 0 atom stereocenters. The summed E-state index contributed by atoms with van der Waals surface area (Å²) in [7, 11) is 0. The molecule has 0 saturated carbocycles. The Morgan fingerprint density at radius 2 is 2.00 bits per heavy atom. The number of aryl methyl sites for hydroxylation is 1. The van der Waals surface area contributed by atoms with Gasteiger partial charge in [-0.3, -0.25) is 4.98 Å². The van der Waals surface area contributed by atoms with E-state index in [-0.39, 0.29) is 6.61 Å². The van der Waals surface area contributed by atoms with Crippen molar-refractivity contribution in [3.63, 3.8) is 0 Å². The number of benzene rings is 1. The fourth-order valence-corrected chi connectivity index (χ4v) is 2.10. The van der Waals surface area contributed by atoms with Crippen molar-refractivity contribution >= 4 is 34.1 Å². The molecule has 1 aromatic carbocycles. The molecule has 0 aliphatic rings. The van der Waals surface area contributed by atoms with E-state index >= 15 is 0 Å². The SMILES string of the molecule is Cc1cc(Cl)c2cc(Cl)cc(CO)c2n1. The number of hydrogen-bond acceptors (Lipinski definition) is 2. The molecule has 0 unspecified atom stereocenters. The molecule has 1 aromatic heterocycles. The van der Waals surface area contributed by atoms with Crippen LogP contribution in [0.2, 0.25) is 10.0 Å². The highest BCUT2D eigenvalue weighted by Gasteiger charge is 2.08. The third kappa shape index (κ3) is 1.93. The molecule has 0 bridgehead atoms. The zero-order valence-corrected chi connectivity index (χ0v) is 9.60. The average molecular weight is 242 g/mol. The molecule has 1 heterocycles. The smallest absolute Gasteiger partial charge is 0.0776 e. The van der Waals surface area contributed by atoms with Crippen LogP contribution in [-0.4, -0.2) is 10.1 Å². The van der Waals surface area contributed by atoms with Gasteiger partial charge in [-0.1, -0.05) is 23.2 Å². The van der Waals surface area contributed by atoms with Crippen LogP contribution >= 0.6 is 23.2 Å². The Morgan fingerprint density at radius 3 is 2.67 bits per heavy atom. The number of fused-ring (bicyclic) bond motifs is 1. The number of pyridine rings is 1. The van der Waals surface area contributed by atoms with Gasteiger partial charge in [-0.05, 0) is 25.1 Å². The van der Waals surface area contributed by atoms with E-state index in [0.717, 1.165) is 11.1 Å². The van der Waals surface area contributed by atoms with Crippen LogP contribution in [0.4, 0.5) is 0 Å². The highest BCUT2D eigenvalue weighted by Crippen LogP contribution is 2.28. The minimum Gasteiger partial charge on any atom is -0.392 e. The lowest BCUT2D eigenvalue weighted by molar-refractivity contribution is 0.283. The predicted molar refractivity (Wildman–Crippen MR) is 62.4 cm³/mol. The van der Waals surface area contributed by atoms with Gasteiger partial charge >= 0.3 is 0 Å². The van der Waals surface area contributed by atoms with Crippen LogP contribution in [-0.2, 0) is 6.61 Å². The van der Waals surface area contributed by atoms with E-state index in [1.165, 1.54) is 0 Å². The molecule has 0 saturated heterocycles. The summed E-state index contributed by atoms with van der Waals surface area (Å²) >= 11 is 12.0. The van der Waals surface area contributed by atoms with Crippen molar-refractivity contribution < 1.29 is 5.11 Å². The lowest BCUT2D eigenvalue weighted by Gasteiger charge is -2.07. The van der Waals surface area contributed by atoms with Gasteiger partial charge in [0.2, 0.25) is 0 Å². The summed E-state index contributed by atoms with van der Waals surface area (Å²) in [5.74, 6) is 0. The Balaban J connectivity index is 2.89. The van der Waals surface area contributed by atoms with E-state index < -0.39 is 0 Å². The number of aliphatic hydroxyl groups excluding tert-OH is 1. The van der Waals surface area contributed by atoms with Crippen LogP contribution < -0.4 is 0 Å². The van der Waals surface area contributed by atoms with Gasteiger partial charge in [0.25, 0.3) is 0 Å². The molecule has 78 valence electrons. The molecular formula is C11H9Cl2NO. The Morgan fingerprint density at radius 1 is 1.27 bits per heavy atom. The maximum absolute atomic E-state index is 9.20. The Hall–Kier alpha value is -0.830. The first-order valence-electron chi connectivity index (χ1n) is 4.48. The highest BCUT2D eigenvalue weighted by atomic mass is 35.5. The molecule has 0 radical (unpaired) electrons. The summed E-state index contributed by atoms with van der Waals surface area (Å²) in [6.45, 7) is 1.77. The van der Waals surface area contributed by atoms with E-state index in [4.69, 9.17) is 23.2 Å². The third-order valence-corrected chi connectivity index (χ3v) is 2.74. The van der Waals surface area contributed by atoms with E-state index in [2.05, 4.69) is 4.98 Å². The van der Waals surface area contributed by atoms with Crippen LogP contribution in [0.25, 0.3) is 10.9 Å². The second kappa shape index (κ2) is 3.97. The van der Waals surface area contributed by atoms with Crippen LogP contribution in [0.1, 0.15) is 11.3 Å². The average Bonchev–Trinajstić information content (AvgIpc) is 2.18. The van der Waals surface area contributed by atoms with Crippen molar-refractivity contribution in [2.45, 2.75) is 13.5 Å². The molecule has 0 amide bonds. The Kier molecular flexibility index (Phi) is 2.83. The number of hydrogen-bond donors (Lipinski definition) is 1. The molecule has 0 aliphatic heterocycles. The van der Waals surface area contributed by atoms with Gasteiger partial charge in [0, 0.05) is 21.7 Å². The Bertz CT molecular complexity index is 525. The number of aliphatic hydroxyl groups is 1. The summed E-state index contributed by atoms with van der Waals surface area (Å²) < 4.78 is 0. The van der Waals surface area contributed by atoms with E-state index in [1.807, 2.05) is 6.92 Å². The standard InChI is InChI=1S/C11H9Cl2NO/c1-6-2-10(13)9-4-8(12)3-7(5-15)11(9)14-6/h2-4,15H,5H2,1H3. The van der Waals surface area contributed by atoms with Crippen molar-refractivity contribution in [1.82, 2.24) is 4.98 Å². The molecule has 2 rings (SSSR count). The maximum Gasteiger partial charge on any atom is 0.0776 e. The summed E-state index contributed by atoms with van der Waals surface area (Å²) in [5.41, 5.74) is 2.24. The van der Waals surface area contributed by atoms with Crippen LogP contribution in [0.5, 0.6) is 0 Å². The molecule has 2 nitrogen and oxygen atoms in total. The van der Waals surface area contributed by atoms with Gasteiger partial charge in [-0.2, -0.15) is 0 Å². The normalized spacial score (nSPS) is 10.9. The molecule has 0 spiro atoms. The molecule has 15 heavy (non-hydrogen) atoms. The summed E-state index contributed by atoms with van der Waals surface area (Å²) in [4.78, 5) is 4.35. The van der Waals surface area contributed by atoms with Crippen molar-refractivity contribution in [3.05, 3.63) is 39.5 Å². The first-order valence-corrected chi connectivity index (χ1v) is 5.23. The molecular weight excluding hydrogens is 233 g/mol. The molecule has 0 aliphatic carbocycles. The van der Waals surface area contributed by atoms with E-state index in [0.29, 0.717) is 21.1 Å². The quantitative estimate of drug-likeness (QED) is 0.831. The van der Waals surface area contributed by atoms with Gasteiger partial charge < -0.3 is 5.11 Å². The van der Waals surface area contributed by atoms with Gasteiger partial charge in [0.1, 0.15) is 0 Å². The first-order chi connectivity index (χ1) is 7.11. The van der Waals surface area contributed by atoms with Crippen LogP contribution in [0, 0.1) is 6.92 Å².